The van der Waals surface area contributed by atoms with Crippen LogP contribution in [0, 0.1) is 0 Å². The standard InChI is InChI=1S/C21H28N2O2/c1-4-14-23(16-18-8-6-5-7-9-18)17-21(24)22(2)15-19-10-12-20(25-3)13-11-19/h5-13H,4,14-17H2,1-3H3. The summed E-state index contributed by atoms with van der Waals surface area (Å²) in [4.78, 5) is 16.6. The van der Waals surface area contributed by atoms with Gasteiger partial charge in [0.15, 0.2) is 0 Å². The van der Waals surface area contributed by atoms with Crippen molar-refractivity contribution in [2.75, 3.05) is 27.2 Å². The summed E-state index contributed by atoms with van der Waals surface area (Å²) in [6, 6.07) is 18.1. The third-order valence-electron chi connectivity index (χ3n) is 4.15. The number of ether oxygens (including phenoxy) is 1. The van der Waals surface area contributed by atoms with Crippen molar-refractivity contribution < 1.29 is 9.53 Å². The lowest BCUT2D eigenvalue weighted by atomic mass is 10.2. The maximum absolute atomic E-state index is 12.6. The number of methoxy groups -OCH3 is 1. The molecule has 134 valence electrons. The van der Waals surface area contributed by atoms with Crippen molar-refractivity contribution in [2.45, 2.75) is 26.4 Å². The van der Waals surface area contributed by atoms with Gasteiger partial charge < -0.3 is 9.64 Å². The fraction of sp³-hybridized carbons (Fsp3) is 0.381. The molecule has 2 rings (SSSR count). The van der Waals surface area contributed by atoms with Crippen LogP contribution >= 0.6 is 0 Å². The number of carbonyl (C=O) groups excluding carboxylic acids is 1. The zero-order chi connectivity index (χ0) is 18.1. The van der Waals surface area contributed by atoms with Crippen molar-refractivity contribution >= 4 is 5.91 Å². The molecule has 0 heterocycles. The van der Waals surface area contributed by atoms with E-state index in [9.17, 15) is 4.79 Å². The normalized spacial score (nSPS) is 10.7. The Bertz CT molecular complexity index is 641. The van der Waals surface area contributed by atoms with Gasteiger partial charge in [-0.1, -0.05) is 49.4 Å². The third kappa shape index (κ3) is 6.24. The van der Waals surface area contributed by atoms with Crippen molar-refractivity contribution in [1.29, 1.82) is 0 Å². The fourth-order valence-corrected chi connectivity index (χ4v) is 2.78. The smallest absolute Gasteiger partial charge is 0.236 e. The molecule has 4 heteroatoms. The second-order valence-corrected chi connectivity index (χ2v) is 6.29. The second-order valence-electron chi connectivity index (χ2n) is 6.29. The number of amides is 1. The molecule has 2 aromatic carbocycles. The van der Waals surface area contributed by atoms with Gasteiger partial charge in [-0.3, -0.25) is 9.69 Å². The van der Waals surface area contributed by atoms with E-state index < -0.39 is 0 Å². The molecule has 0 bridgehead atoms. The summed E-state index contributed by atoms with van der Waals surface area (Å²) in [5, 5.41) is 0. The van der Waals surface area contributed by atoms with Gasteiger partial charge in [-0.2, -0.15) is 0 Å². The van der Waals surface area contributed by atoms with Crippen LogP contribution in [0.2, 0.25) is 0 Å². The van der Waals surface area contributed by atoms with E-state index in [4.69, 9.17) is 4.74 Å². The molecule has 0 N–H and O–H groups in total. The average Bonchev–Trinajstić information content (AvgIpc) is 2.63. The van der Waals surface area contributed by atoms with E-state index in [0.29, 0.717) is 13.1 Å². The molecular formula is C21H28N2O2. The van der Waals surface area contributed by atoms with E-state index in [1.54, 1.807) is 12.0 Å². The Hall–Kier alpha value is -2.33. The van der Waals surface area contributed by atoms with Gasteiger partial charge in [-0.25, -0.2) is 0 Å². The van der Waals surface area contributed by atoms with Gasteiger partial charge in [0.1, 0.15) is 5.75 Å². The summed E-state index contributed by atoms with van der Waals surface area (Å²) < 4.78 is 5.17. The Morgan fingerprint density at radius 2 is 1.60 bits per heavy atom. The van der Waals surface area contributed by atoms with E-state index in [-0.39, 0.29) is 5.91 Å². The van der Waals surface area contributed by atoms with Crippen LogP contribution < -0.4 is 4.74 Å². The minimum atomic E-state index is 0.139. The Balaban J connectivity index is 1.91. The molecule has 4 nitrogen and oxygen atoms in total. The monoisotopic (exact) mass is 340 g/mol. The lowest BCUT2D eigenvalue weighted by molar-refractivity contribution is -0.131. The molecule has 0 unspecified atom stereocenters. The Morgan fingerprint density at radius 3 is 2.20 bits per heavy atom. The molecule has 1 amide bonds. The zero-order valence-electron chi connectivity index (χ0n) is 15.4. The summed E-state index contributed by atoms with van der Waals surface area (Å²) in [7, 11) is 3.51. The molecule has 0 saturated carbocycles. The number of rotatable bonds is 9. The lowest BCUT2D eigenvalue weighted by Crippen LogP contribution is -2.38. The summed E-state index contributed by atoms with van der Waals surface area (Å²) in [6.07, 6.45) is 1.03. The highest BCUT2D eigenvalue weighted by Crippen LogP contribution is 2.13. The predicted molar refractivity (Wildman–Crippen MR) is 101 cm³/mol. The van der Waals surface area contributed by atoms with E-state index >= 15 is 0 Å². The number of benzene rings is 2. The average molecular weight is 340 g/mol. The molecule has 0 spiro atoms. The van der Waals surface area contributed by atoms with Crippen LogP contribution in [0.5, 0.6) is 5.75 Å². The van der Waals surface area contributed by atoms with Gasteiger partial charge in [0.05, 0.1) is 13.7 Å². The Labute approximate surface area is 151 Å². The predicted octanol–water partition coefficient (Wildman–Crippen LogP) is 3.57. The summed E-state index contributed by atoms with van der Waals surface area (Å²) in [5.41, 5.74) is 2.34. The van der Waals surface area contributed by atoms with Crippen molar-refractivity contribution in [2.24, 2.45) is 0 Å². The Morgan fingerprint density at radius 1 is 0.960 bits per heavy atom. The van der Waals surface area contributed by atoms with Crippen molar-refractivity contribution in [1.82, 2.24) is 9.80 Å². The number of carbonyl (C=O) groups is 1. The SMILES string of the molecule is CCCN(CC(=O)N(C)Cc1ccc(OC)cc1)Cc1ccccc1. The molecule has 0 aromatic heterocycles. The molecule has 0 saturated heterocycles. The lowest BCUT2D eigenvalue weighted by Gasteiger charge is -2.25. The van der Waals surface area contributed by atoms with Crippen molar-refractivity contribution in [3.63, 3.8) is 0 Å². The highest BCUT2D eigenvalue weighted by atomic mass is 16.5. The first kappa shape index (κ1) is 19.0. The molecule has 0 aliphatic heterocycles. The molecule has 0 fully saturated rings. The minimum Gasteiger partial charge on any atom is -0.497 e. The molecule has 2 aromatic rings. The Kier molecular flexibility index (Phi) is 7.48. The summed E-state index contributed by atoms with van der Waals surface area (Å²) in [5.74, 6) is 0.968. The first-order valence-corrected chi connectivity index (χ1v) is 8.75. The van der Waals surface area contributed by atoms with E-state index in [2.05, 4.69) is 24.0 Å². The highest BCUT2D eigenvalue weighted by Gasteiger charge is 2.14. The summed E-state index contributed by atoms with van der Waals surface area (Å²) >= 11 is 0. The number of likely N-dealkylation sites (N-methyl/N-ethyl adjacent to an activating group) is 1. The first-order chi connectivity index (χ1) is 12.1. The van der Waals surface area contributed by atoms with Gasteiger partial charge in [-0.05, 0) is 36.2 Å². The van der Waals surface area contributed by atoms with Crippen molar-refractivity contribution in [3.8, 4) is 5.75 Å². The molecule has 0 atom stereocenters. The van der Waals surface area contributed by atoms with E-state index in [1.165, 1.54) is 5.56 Å². The fourth-order valence-electron chi connectivity index (χ4n) is 2.78. The maximum Gasteiger partial charge on any atom is 0.236 e. The van der Waals surface area contributed by atoms with Crippen LogP contribution in [0.15, 0.2) is 54.6 Å². The van der Waals surface area contributed by atoms with Gasteiger partial charge in [0, 0.05) is 20.1 Å². The van der Waals surface area contributed by atoms with Crippen LogP contribution in [-0.2, 0) is 17.9 Å². The van der Waals surface area contributed by atoms with Crippen molar-refractivity contribution in [3.05, 3.63) is 65.7 Å². The minimum absolute atomic E-state index is 0.139. The first-order valence-electron chi connectivity index (χ1n) is 8.75. The van der Waals surface area contributed by atoms with Crippen LogP contribution in [0.4, 0.5) is 0 Å². The van der Waals surface area contributed by atoms with E-state index in [0.717, 1.165) is 30.8 Å². The number of nitrogens with zero attached hydrogens (tertiary/aromatic N) is 2. The van der Waals surface area contributed by atoms with Gasteiger partial charge >= 0.3 is 0 Å². The summed E-state index contributed by atoms with van der Waals surface area (Å²) in [6.45, 7) is 4.90. The third-order valence-corrected chi connectivity index (χ3v) is 4.15. The largest absolute Gasteiger partial charge is 0.497 e. The molecule has 0 aliphatic rings. The van der Waals surface area contributed by atoms with Crippen LogP contribution in [0.3, 0.4) is 0 Å². The second kappa shape index (κ2) is 9.84. The quantitative estimate of drug-likeness (QED) is 0.700. The zero-order valence-corrected chi connectivity index (χ0v) is 15.4. The van der Waals surface area contributed by atoms with Gasteiger partial charge in [0.25, 0.3) is 0 Å². The van der Waals surface area contributed by atoms with Crippen LogP contribution in [-0.4, -0.2) is 43.0 Å². The molecule has 25 heavy (non-hydrogen) atoms. The maximum atomic E-state index is 12.6. The number of hydrogen-bond acceptors (Lipinski definition) is 3. The molecule has 0 radical (unpaired) electrons. The van der Waals surface area contributed by atoms with Gasteiger partial charge in [-0.15, -0.1) is 0 Å². The topological polar surface area (TPSA) is 32.8 Å². The van der Waals surface area contributed by atoms with Crippen LogP contribution in [0.1, 0.15) is 24.5 Å². The highest BCUT2D eigenvalue weighted by molar-refractivity contribution is 5.78. The van der Waals surface area contributed by atoms with Crippen LogP contribution in [0.25, 0.3) is 0 Å². The molecule has 0 aliphatic carbocycles. The van der Waals surface area contributed by atoms with Gasteiger partial charge in [0.2, 0.25) is 5.91 Å². The molecular weight excluding hydrogens is 312 g/mol. The number of hydrogen-bond donors (Lipinski definition) is 0. The van der Waals surface area contributed by atoms with E-state index in [1.807, 2.05) is 49.5 Å².